The van der Waals surface area contributed by atoms with Crippen molar-refractivity contribution in [3.05, 3.63) is 66.4 Å². The number of fused-ring (bicyclic) bond motifs is 1. The predicted octanol–water partition coefficient (Wildman–Crippen LogP) is 4.45. The molecule has 2 aromatic carbocycles. The molecule has 3 aromatic rings. The predicted molar refractivity (Wildman–Crippen MR) is 104 cm³/mol. The first-order valence-corrected chi connectivity index (χ1v) is 9.32. The summed E-state index contributed by atoms with van der Waals surface area (Å²) < 4.78 is 35.4. The van der Waals surface area contributed by atoms with E-state index in [1.165, 1.54) is 12.1 Å². The third-order valence-electron chi connectivity index (χ3n) is 5.32. The molecule has 0 spiro atoms. The zero-order valence-electron chi connectivity index (χ0n) is 15.6. The second-order valence-electron chi connectivity index (χ2n) is 7.35. The van der Waals surface area contributed by atoms with Crippen molar-refractivity contribution < 1.29 is 28.2 Å². The van der Waals surface area contributed by atoms with Crippen LogP contribution in [0.3, 0.4) is 0 Å². The summed E-state index contributed by atoms with van der Waals surface area (Å²) in [5.41, 5.74) is 1.39. The number of anilines is 1. The Labute approximate surface area is 170 Å². The molecule has 6 nitrogen and oxygen atoms in total. The zero-order chi connectivity index (χ0) is 20.9. The highest BCUT2D eigenvalue weighted by molar-refractivity contribution is 6.01. The number of carbonyl (C=O) groups excluding carboxylic acids is 1. The molecular weight excluding hydrogens is 394 g/mol. The number of rotatable bonds is 4. The third kappa shape index (κ3) is 3.20. The van der Waals surface area contributed by atoms with Gasteiger partial charge in [0.05, 0.1) is 5.41 Å². The van der Waals surface area contributed by atoms with E-state index in [0.29, 0.717) is 24.2 Å². The van der Waals surface area contributed by atoms with Crippen LogP contribution in [0.15, 0.2) is 60.8 Å². The van der Waals surface area contributed by atoms with Gasteiger partial charge in [-0.05, 0) is 60.4 Å². The number of hydrogen-bond donors (Lipinski definition) is 2. The van der Waals surface area contributed by atoms with Gasteiger partial charge in [0.2, 0.25) is 5.91 Å². The SMILES string of the molecule is O=C(Nc1ccc(-c2cccc(O)c2)cn1)C1(c2ccc3c(c2)OC(F)(F)O3)CC1. The van der Waals surface area contributed by atoms with Crippen LogP contribution in [-0.2, 0) is 10.2 Å². The minimum absolute atomic E-state index is 0.0517. The summed E-state index contributed by atoms with van der Waals surface area (Å²) in [5, 5.41) is 12.4. The first-order chi connectivity index (χ1) is 14.3. The standard InChI is InChI=1S/C22H16F2N2O4/c23-22(24)29-17-6-5-15(11-18(17)30-22)21(8-9-21)20(28)26-19-7-4-14(12-25-19)13-2-1-3-16(27)10-13/h1-7,10-12,27H,8-9H2,(H,25,26,28). The molecule has 5 rings (SSSR count). The molecule has 1 amide bonds. The number of hydrogen-bond acceptors (Lipinski definition) is 5. The third-order valence-corrected chi connectivity index (χ3v) is 5.32. The van der Waals surface area contributed by atoms with Crippen LogP contribution in [-0.4, -0.2) is 22.3 Å². The molecule has 0 radical (unpaired) electrons. The number of ether oxygens (including phenoxy) is 2. The van der Waals surface area contributed by atoms with Crippen molar-refractivity contribution in [2.24, 2.45) is 0 Å². The number of benzene rings is 2. The Morgan fingerprint density at radius 1 is 1.00 bits per heavy atom. The summed E-state index contributed by atoms with van der Waals surface area (Å²) in [5.74, 6) is 0.143. The maximum absolute atomic E-state index is 13.3. The highest BCUT2D eigenvalue weighted by Crippen LogP contribution is 2.52. The Morgan fingerprint density at radius 2 is 1.80 bits per heavy atom. The van der Waals surface area contributed by atoms with E-state index in [2.05, 4.69) is 19.8 Å². The largest absolute Gasteiger partial charge is 0.586 e. The van der Waals surface area contributed by atoms with Crippen LogP contribution in [0.5, 0.6) is 17.2 Å². The molecule has 0 saturated heterocycles. The summed E-state index contributed by atoms with van der Waals surface area (Å²) >= 11 is 0. The van der Waals surface area contributed by atoms with Gasteiger partial charge in [0.25, 0.3) is 0 Å². The number of halogens is 2. The lowest BCUT2D eigenvalue weighted by atomic mass is 9.94. The molecule has 2 N–H and O–H groups in total. The molecule has 0 bridgehead atoms. The van der Waals surface area contributed by atoms with E-state index in [1.807, 2.05) is 6.07 Å². The molecule has 1 aliphatic carbocycles. The number of aromatic nitrogens is 1. The summed E-state index contributed by atoms with van der Waals surface area (Å²) in [7, 11) is 0. The minimum Gasteiger partial charge on any atom is -0.508 e. The second kappa shape index (κ2) is 6.41. The lowest BCUT2D eigenvalue weighted by molar-refractivity contribution is -0.286. The average Bonchev–Trinajstić information content (AvgIpc) is 3.46. The van der Waals surface area contributed by atoms with Crippen molar-refractivity contribution in [3.8, 4) is 28.4 Å². The van der Waals surface area contributed by atoms with Gasteiger partial charge in [0.1, 0.15) is 11.6 Å². The Kier molecular flexibility index (Phi) is 3.92. The quantitative estimate of drug-likeness (QED) is 0.665. The van der Waals surface area contributed by atoms with Crippen LogP contribution in [0.25, 0.3) is 11.1 Å². The zero-order valence-corrected chi connectivity index (χ0v) is 15.6. The summed E-state index contributed by atoms with van der Waals surface area (Å²) in [6.07, 6.45) is -0.903. The van der Waals surface area contributed by atoms with Crippen molar-refractivity contribution >= 4 is 11.7 Å². The van der Waals surface area contributed by atoms with Crippen molar-refractivity contribution in [3.63, 3.8) is 0 Å². The van der Waals surface area contributed by atoms with E-state index in [0.717, 1.165) is 11.1 Å². The van der Waals surface area contributed by atoms with Crippen molar-refractivity contribution in [1.82, 2.24) is 4.98 Å². The molecule has 0 atom stereocenters. The normalized spacial score (nSPS) is 17.4. The van der Waals surface area contributed by atoms with E-state index in [9.17, 15) is 18.7 Å². The highest BCUT2D eigenvalue weighted by atomic mass is 19.3. The number of phenols is 1. The number of alkyl halides is 2. The summed E-state index contributed by atoms with van der Waals surface area (Å²) in [4.78, 5) is 17.2. The van der Waals surface area contributed by atoms with Crippen LogP contribution < -0.4 is 14.8 Å². The van der Waals surface area contributed by atoms with E-state index < -0.39 is 11.7 Å². The number of pyridine rings is 1. The summed E-state index contributed by atoms with van der Waals surface area (Å²) in [6, 6.07) is 14.7. The van der Waals surface area contributed by atoms with E-state index >= 15 is 0 Å². The molecule has 30 heavy (non-hydrogen) atoms. The Hall–Kier alpha value is -3.68. The van der Waals surface area contributed by atoms with Crippen LogP contribution in [0, 0.1) is 0 Å². The number of nitrogens with zero attached hydrogens (tertiary/aromatic N) is 1. The Bertz CT molecular complexity index is 1140. The molecule has 1 fully saturated rings. The molecule has 152 valence electrons. The van der Waals surface area contributed by atoms with Gasteiger partial charge in [0.15, 0.2) is 11.5 Å². The van der Waals surface area contributed by atoms with Crippen LogP contribution in [0.1, 0.15) is 18.4 Å². The lowest BCUT2D eigenvalue weighted by Gasteiger charge is -2.16. The Balaban J connectivity index is 1.33. The maximum Gasteiger partial charge on any atom is 0.586 e. The molecule has 0 unspecified atom stereocenters. The van der Waals surface area contributed by atoms with Gasteiger partial charge in [0, 0.05) is 11.8 Å². The van der Waals surface area contributed by atoms with E-state index in [-0.39, 0.29) is 23.2 Å². The van der Waals surface area contributed by atoms with E-state index in [4.69, 9.17) is 0 Å². The molecular formula is C22H16F2N2O4. The van der Waals surface area contributed by atoms with Crippen LogP contribution in [0.4, 0.5) is 14.6 Å². The van der Waals surface area contributed by atoms with Crippen LogP contribution in [0.2, 0.25) is 0 Å². The summed E-state index contributed by atoms with van der Waals surface area (Å²) in [6.45, 7) is 0. The smallest absolute Gasteiger partial charge is 0.508 e. The number of phenolic OH excluding ortho intramolecular Hbond substituents is 1. The van der Waals surface area contributed by atoms with Gasteiger partial charge >= 0.3 is 6.29 Å². The minimum atomic E-state index is -3.69. The van der Waals surface area contributed by atoms with Crippen molar-refractivity contribution in [2.45, 2.75) is 24.6 Å². The topological polar surface area (TPSA) is 80.7 Å². The van der Waals surface area contributed by atoms with Gasteiger partial charge in [-0.2, -0.15) is 0 Å². The first kappa shape index (κ1) is 18.4. The number of carbonyl (C=O) groups is 1. The first-order valence-electron chi connectivity index (χ1n) is 9.32. The Morgan fingerprint density at radius 3 is 2.50 bits per heavy atom. The number of aromatic hydroxyl groups is 1. The molecule has 2 heterocycles. The molecule has 8 heteroatoms. The van der Waals surface area contributed by atoms with Crippen molar-refractivity contribution in [1.29, 1.82) is 0 Å². The van der Waals surface area contributed by atoms with Gasteiger partial charge < -0.3 is 19.9 Å². The van der Waals surface area contributed by atoms with Crippen molar-refractivity contribution in [2.75, 3.05) is 5.32 Å². The number of nitrogens with one attached hydrogen (secondary N) is 1. The number of amides is 1. The maximum atomic E-state index is 13.3. The lowest BCUT2D eigenvalue weighted by Crippen LogP contribution is -2.28. The van der Waals surface area contributed by atoms with Crippen LogP contribution >= 0.6 is 0 Å². The van der Waals surface area contributed by atoms with Gasteiger partial charge in [-0.25, -0.2) is 4.98 Å². The molecule has 1 aliphatic heterocycles. The van der Waals surface area contributed by atoms with Gasteiger partial charge in [-0.15, -0.1) is 8.78 Å². The van der Waals surface area contributed by atoms with Gasteiger partial charge in [-0.3, -0.25) is 4.79 Å². The molecule has 1 saturated carbocycles. The van der Waals surface area contributed by atoms with Gasteiger partial charge in [-0.1, -0.05) is 18.2 Å². The molecule has 1 aromatic heterocycles. The fourth-order valence-electron chi connectivity index (χ4n) is 3.58. The fourth-order valence-corrected chi connectivity index (χ4v) is 3.58. The highest BCUT2D eigenvalue weighted by Gasteiger charge is 2.52. The average molecular weight is 410 g/mol. The fraction of sp³-hybridized carbons (Fsp3) is 0.182. The monoisotopic (exact) mass is 410 g/mol. The van der Waals surface area contributed by atoms with E-state index in [1.54, 1.807) is 42.6 Å². The molecule has 2 aliphatic rings. The second-order valence-corrected chi connectivity index (χ2v) is 7.35.